The minimum Gasteiger partial charge on any atom is -0.493 e. The average Bonchev–Trinajstić information content (AvgIpc) is 3.44. The molecule has 0 fully saturated rings. The van der Waals surface area contributed by atoms with Crippen molar-refractivity contribution in [3.63, 3.8) is 0 Å². The summed E-state index contributed by atoms with van der Waals surface area (Å²) in [6.45, 7) is 0.710. The summed E-state index contributed by atoms with van der Waals surface area (Å²) in [4.78, 5) is 12.9. The number of cyclic esters (lactones) is 1. The van der Waals surface area contributed by atoms with Crippen molar-refractivity contribution < 1.29 is 33.2 Å². The van der Waals surface area contributed by atoms with Crippen LogP contribution in [-0.4, -0.2) is 39.5 Å². The fraction of sp³-hybridized carbons (Fsp3) is 0.292. The summed E-state index contributed by atoms with van der Waals surface area (Å²) < 4.78 is 33.7. The van der Waals surface area contributed by atoms with E-state index in [2.05, 4.69) is 0 Å². The van der Waals surface area contributed by atoms with E-state index in [1.165, 1.54) is 0 Å². The maximum atomic E-state index is 12.9. The van der Waals surface area contributed by atoms with Crippen molar-refractivity contribution in [1.82, 2.24) is 0 Å². The van der Waals surface area contributed by atoms with Crippen LogP contribution in [0.2, 0.25) is 0 Å². The Bertz CT molecular complexity index is 1220. The van der Waals surface area contributed by atoms with Crippen molar-refractivity contribution in [3.05, 3.63) is 41.5 Å². The summed E-state index contributed by atoms with van der Waals surface area (Å²) in [6.07, 6.45) is 0.670. The van der Waals surface area contributed by atoms with Gasteiger partial charge in [0.05, 0.1) is 26.4 Å². The van der Waals surface area contributed by atoms with Crippen molar-refractivity contribution in [2.45, 2.75) is 13.0 Å². The van der Waals surface area contributed by atoms with Gasteiger partial charge in [-0.3, -0.25) is 0 Å². The van der Waals surface area contributed by atoms with Crippen LogP contribution in [0, 0.1) is 0 Å². The number of rotatable bonds is 7. The molecular formula is C24H21ClO7. The highest BCUT2D eigenvalue weighted by molar-refractivity contribution is 6.17. The molecule has 2 heterocycles. The van der Waals surface area contributed by atoms with Crippen molar-refractivity contribution in [3.8, 4) is 39.9 Å². The summed E-state index contributed by atoms with van der Waals surface area (Å²) in [5, 5.41) is 1.57. The molecule has 0 saturated carbocycles. The van der Waals surface area contributed by atoms with Gasteiger partial charge in [-0.25, -0.2) is 4.79 Å². The fourth-order valence-electron chi connectivity index (χ4n) is 4.15. The van der Waals surface area contributed by atoms with Gasteiger partial charge in [0.15, 0.2) is 23.0 Å². The largest absolute Gasteiger partial charge is 0.493 e. The highest BCUT2D eigenvalue weighted by Crippen LogP contribution is 2.49. The highest BCUT2D eigenvalue weighted by Gasteiger charge is 2.33. The molecule has 0 atom stereocenters. The normalized spacial score (nSPS) is 13.8. The maximum absolute atomic E-state index is 12.9. The Morgan fingerprint density at radius 2 is 1.69 bits per heavy atom. The Morgan fingerprint density at radius 3 is 2.44 bits per heavy atom. The van der Waals surface area contributed by atoms with Gasteiger partial charge in [0, 0.05) is 22.4 Å². The first kappa shape index (κ1) is 20.6. The number of hydrogen-bond acceptors (Lipinski definition) is 7. The van der Waals surface area contributed by atoms with Crippen LogP contribution in [-0.2, 0) is 11.3 Å². The van der Waals surface area contributed by atoms with Crippen molar-refractivity contribution in [2.75, 3.05) is 33.5 Å². The smallest absolute Gasteiger partial charge is 0.339 e. The molecule has 8 heteroatoms. The molecule has 2 aliphatic rings. The van der Waals surface area contributed by atoms with E-state index in [1.807, 2.05) is 30.3 Å². The van der Waals surface area contributed by atoms with Gasteiger partial charge in [0.2, 0.25) is 6.79 Å². The van der Waals surface area contributed by atoms with Gasteiger partial charge in [-0.1, -0.05) is 6.07 Å². The second-order valence-corrected chi connectivity index (χ2v) is 7.72. The first-order valence-corrected chi connectivity index (χ1v) is 10.7. The van der Waals surface area contributed by atoms with Gasteiger partial charge in [-0.2, -0.15) is 0 Å². The number of methoxy groups -OCH3 is 2. The first-order chi connectivity index (χ1) is 15.7. The summed E-state index contributed by atoms with van der Waals surface area (Å²) in [5.74, 6) is 3.06. The van der Waals surface area contributed by atoms with E-state index in [4.69, 9.17) is 40.0 Å². The number of esters is 1. The molecule has 5 rings (SSSR count). The van der Waals surface area contributed by atoms with E-state index in [0.29, 0.717) is 58.8 Å². The topological polar surface area (TPSA) is 72.5 Å². The second kappa shape index (κ2) is 8.31. The Hall–Kier alpha value is -3.32. The van der Waals surface area contributed by atoms with E-state index >= 15 is 0 Å². The third-order valence-corrected chi connectivity index (χ3v) is 5.87. The molecule has 0 aromatic heterocycles. The van der Waals surface area contributed by atoms with Gasteiger partial charge in [-0.15, -0.1) is 11.6 Å². The Morgan fingerprint density at radius 1 is 0.938 bits per heavy atom. The molecule has 166 valence electrons. The van der Waals surface area contributed by atoms with Crippen LogP contribution in [0.5, 0.6) is 28.7 Å². The number of halogens is 1. The molecule has 0 amide bonds. The number of alkyl halides is 1. The standard InChI is InChI=1S/C24H21ClO7/c1-27-18-9-14-15(10-19(18)28-2)23(29-7-3-6-25)16-11-30-24(26)22(16)21(14)13-4-5-17-20(8-13)32-12-31-17/h4-5,8-10H,3,6-7,11-12H2,1-2H3. The number of carbonyl (C=O) groups is 1. The number of fused-ring (bicyclic) bond motifs is 3. The van der Waals surface area contributed by atoms with E-state index in [-0.39, 0.29) is 13.4 Å². The van der Waals surface area contributed by atoms with E-state index in [0.717, 1.165) is 21.9 Å². The molecule has 32 heavy (non-hydrogen) atoms. The lowest BCUT2D eigenvalue weighted by atomic mass is 9.89. The van der Waals surface area contributed by atoms with Gasteiger partial charge in [0.25, 0.3) is 0 Å². The zero-order valence-corrected chi connectivity index (χ0v) is 18.4. The quantitative estimate of drug-likeness (QED) is 0.283. The van der Waals surface area contributed by atoms with Crippen LogP contribution in [0.4, 0.5) is 0 Å². The lowest BCUT2D eigenvalue weighted by molar-refractivity contribution is 0.0534. The zero-order valence-electron chi connectivity index (χ0n) is 17.7. The van der Waals surface area contributed by atoms with E-state index < -0.39 is 5.97 Å². The maximum Gasteiger partial charge on any atom is 0.339 e. The number of carbonyl (C=O) groups excluding carboxylic acids is 1. The molecular weight excluding hydrogens is 436 g/mol. The minimum absolute atomic E-state index is 0.131. The monoisotopic (exact) mass is 456 g/mol. The Balaban J connectivity index is 1.83. The zero-order chi connectivity index (χ0) is 22.2. The van der Waals surface area contributed by atoms with Crippen LogP contribution < -0.4 is 23.7 Å². The lowest BCUT2D eigenvalue weighted by Crippen LogP contribution is -2.05. The minimum atomic E-state index is -0.397. The molecule has 0 radical (unpaired) electrons. The van der Waals surface area contributed by atoms with Gasteiger partial charge in [-0.05, 0) is 41.6 Å². The molecule has 7 nitrogen and oxygen atoms in total. The predicted molar refractivity (Wildman–Crippen MR) is 119 cm³/mol. The summed E-state index contributed by atoms with van der Waals surface area (Å²) in [6, 6.07) is 9.33. The van der Waals surface area contributed by atoms with Crippen LogP contribution in [0.3, 0.4) is 0 Å². The van der Waals surface area contributed by atoms with Crippen LogP contribution in [0.25, 0.3) is 21.9 Å². The SMILES string of the molecule is COc1cc2c(OCCCCl)c3c(c(-c4ccc5c(c4)OCO5)c2cc1OC)C(=O)OC3. The van der Waals surface area contributed by atoms with Gasteiger partial charge < -0.3 is 28.4 Å². The van der Waals surface area contributed by atoms with Crippen LogP contribution in [0.15, 0.2) is 30.3 Å². The third kappa shape index (κ3) is 3.24. The van der Waals surface area contributed by atoms with Crippen molar-refractivity contribution in [1.29, 1.82) is 0 Å². The van der Waals surface area contributed by atoms with E-state index in [9.17, 15) is 4.79 Å². The molecule has 0 spiro atoms. The third-order valence-electron chi connectivity index (χ3n) is 5.60. The van der Waals surface area contributed by atoms with Crippen molar-refractivity contribution in [2.24, 2.45) is 0 Å². The second-order valence-electron chi connectivity index (χ2n) is 7.35. The molecule has 2 aliphatic heterocycles. The number of benzene rings is 3. The first-order valence-electron chi connectivity index (χ1n) is 10.2. The molecule has 0 saturated heterocycles. The summed E-state index contributed by atoms with van der Waals surface area (Å²) in [5.41, 5.74) is 2.71. The summed E-state index contributed by atoms with van der Waals surface area (Å²) in [7, 11) is 3.15. The average molecular weight is 457 g/mol. The van der Waals surface area contributed by atoms with Gasteiger partial charge in [0.1, 0.15) is 12.4 Å². The van der Waals surface area contributed by atoms with Gasteiger partial charge >= 0.3 is 5.97 Å². The molecule has 0 aliphatic carbocycles. The van der Waals surface area contributed by atoms with Crippen LogP contribution in [0.1, 0.15) is 22.3 Å². The summed E-state index contributed by atoms with van der Waals surface area (Å²) >= 11 is 5.85. The van der Waals surface area contributed by atoms with Crippen LogP contribution >= 0.6 is 11.6 Å². The molecule has 0 N–H and O–H groups in total. The Kier molecular flexibility index (Phi) is 5.35. The van der Waals surface area contributed by atoms with Crippen molar-refractivity contribution >= 4 is 28.3 Å². The number of hydrogen-bond donors (Lipinski definition) is 0. The lowest BCUT2D eigenvalue weighted by Gasteiger charge is -2.19. The Labute approximate surface area is 189 Å². The molecule has 0 unspecified atom stereocenters. The molecule has 3 aromatic rings. The number of ether oxygens (including phenoxy) is 6. The molecule has 3 aromatic carbocycles. The van der Waals surface area contributed by atoms with E-state index in [1.54, 1.807) is 14.2 Å². The molecule has 0 bridgehead atoms. The fourth-order valence-corrected chi connectivity index (χ4v) is 4.26. The predicted octanol–water partition coefficient (Wildman–Crippen LogP) is 4.93. The highest BCUT2D eigenvalue weighted by atomic mass is 35.5.